The van der Waals surface area contributed by atoms with Crippen LogP contribution >= 0.6 is 16.1 Å². The molecule has 1 aliphatic heterocycles. The Morgan fingerprint density at radius 2 is 1.16 bits per heavy atom. The number of benzene rings is 7. The van der Waals surface area contributed by atoms with E-state index in [-0.39, 0.29) is 6.04 Å². The zero-order valence-corrected chi connectivity index (χ0v) is 29.7. The second-order valence-corrected chi connectivity index (χ2v) is 16.3. The summed E-state index contributed by atoms with van der Waals surface area (Å²) in [4.78, 5) is 0. The van der Waals surface area contributed by atoms with Gasteiger partial charge < -0.3 is 8.39 Å². The van der Waals surface area contributed by atoms with E-state index in [2.05, 4.69) is 175 Å². The molecule has 0 unspecified atom stereocenters. The molecule has 2 heterocycles. The molecule has 0 bridgehead atoms. The maximum absolute atomic E-state index is 7.29. The molecule has 50 heavy (non-hydrogen) atoms. The highest BCUT2D eigenvalue weighted by atomic mass is 31.1. The Morgan fingerprint density at radius 3 is 1.74 bits per heavy atom. The lowest BCUT2D eigenvalue weighted by molar-refractivity contribution is 0.601. The van der Waals surface area contributed by atoms with Gasteiger partial charge in [-0.05, 0) is 64.2 Å². The van der Waals surface area contributed by atoms with Crippen LogP contribution in [-0.2, 0) is 0 Å². The van der Waals surface area contributed by atoms with Crippen molar-refractivity contribution < 1.29 is 8.39 Å². The normalized spacial score (nSPS) is 14.2. The van der Waals surface area contributed by atoms with E-state index in [4.69, 9.17) is 8.39 Å². The Kier molecular flexibility index (Phi) is 8.25. The lowest BCUT2D eigenvalue weighted by Gasteiger charge is -2.36. The molecule has 0 saturated carbocycles. The Morgan fingerprint density at radius 1 is 0.600 bits per heavy atom. The van der Waals surface area contributed by atoms with Crippen molar-refractivity contribution in [3.63, 3.8) is 0 Å². The summed E-state index contributed by atoms with van der Waals surface area (Å²) < 4.78 is 17.1. The van der Waals surface area contributed by atoms with Gasteiger partial charge in [0.25, 0.3) is 0 Å². The average molecular weight is 686 g/mol. The van der Waals surface area contributed by atoms with Crippen LogP contribution in [0.3, 0.4) is 0 Å². The highest BCUT2D eigenvalue weighted by molar-refractivity contribution is 7.80. The molecule has 0 N–H and O–H groups in total. The number of nitrogens with zero attached hydrogens (tertiary/aromatic N) is 1. The predicted octanol–water partition coefficient (Wildman–Crippen LogP) is 12.2. The summed E-state index contributed by atoms with van der Waals surface area (Å²) in [5, 5.41) is 10.9. The Bertz CT molecular complexity index is 2420. The van der Waals surface area contributed by atoms with Gasteiger partial charge >= 0.3 is 8.16 Å². The molecule has 3 nitrogen and oxygen atoms in total. The summed E-state index contributed by atoms with van der Waals surface area (Å²) in [5.41, 5.74) is 4.14. The first-order valence-electron chi connectivity index (χ1n) is 17.5. The third-order valence-corrected chi connectivity index (χ3v) is 13.8. The minimum Gasteiger partial charge on any atom is -0.404 e. The molecule has 8 aromatic rings. The lowest BCUT2D eigenvalue weighted by atomic mass is 9.99. The van der Waals surface area contributed by atoms with E-state index in [1.165, 1.54) is 48.7 Å². The number of anilines is 1. The molecule has 0 amide bonds. The van der Waals surface area contributed by atoms with Gasteiger partial charge in [0.05, 0.1) is 11.7 Å². The highest BCUT2D eigenvalue weighted by Gasteiger charge is 2.33. The van der Waals surface area contributed by atoms with Crippen molar-refractivity contribution in [2.75, 3.05) is 4.67 Å². The second kappa shape index (κ2) is 13.3. The zero-order valence-electron chi connectivity index (χ0n) is 27.9. The van der Waals surface area contributed by atoms with Gasteiger partial charge in [0.2, 0.25) is 0 Å². The smallest absolute Gasteiger partial charge is 0.342 e. The van der Waals surface area contributed by atoms with Gasteiger partial charge in [-0.1, -0.05) is 171 Å². The lowest BCUT2D eigenvalue weighted by Crippen LogP contribution is -2.35. The first kappa shape index (κ1) is 30.9. The van der Waals surface area contributed by atoms with Crippen molar-refractivity contribution in [2.24, 2.45) is 0 Å². The predicted molar refractivity (Wildman–Crippen MR) is 217 cm³/mol. The first-order valence-corrected chi connectivity index (χ1v) is 20.0. The van der Waals surface area contributed by atoms with Crippen molar-refractivity contribution in [2.45, 2.75) is 32.2 Å². The van der Waals surface area contributed by atoms with Gasteiger partial charge in [-0.15, -0.1) is 0 Å². The standard InChI is InChI=1S/C45H37NO2P2/c1-2-3-18-35-29-26-34-17-14-25-42(49(36-19-6-4-7-20-36)37-21-8-5-9-22-37)45(34)46(35)50-47-40-30-27-32-15-10-12-23-38(32)43(40)44-39-24-13-11-16-33(39)28-31-41(44)48-50/h4-17,19-31,35H,2-3,18H2,1H3/t35-/m0/s1. The van der Waals surface area contributed by atoms with Crippen LogP contribution in [0, 0.1) is 0 Å². The minimum atomic E-state index is -1.63. The fraction of sp³-hybridized carbons (Fsp3) is 0.111. The molecule has 5 heteroatoms. The summed E-state index contributed by atoms with van der Waals surface area (Å²) >= 11 is 0. The van der Waals surface area contributed by atoms with Gasteiger partial charge in [-0.2, -0.15) is 0 Å². The molecule has 0 saturated heterocycles. The number of fused-ring (bicyclic) bond motifs is 8. The van der Waals surface area contributed by atoms with Crippen LogP contribution in [0.15, 0.2) is 166 Å². The molecule has 0 spiro atoms. The molecule has 7 aromatic carbocycles. The zero-order chi connectivity index (χ0) is 33.4. The van der Waals surface area contributed by atoms with Crippen molar-refractivity contribution >= 4 is 87.2 Å². The maximum atomic E-state index is 7.29. The van der Waals surface area contributed by atoms with Crippen LogP contribution in [-0.4, -0.2) is 6.04 Å². The molecule has 0 aliphatic carbocycles. The van der Waals surface area contributed by atoms with E-state index >= 15 is 0 Å². The van der Waals surface area contributed by atoms with E-state index in [1.54, 1.807) is 0 Å². The second-order valence-electron chi connectivity index (χ2n) is 12.9. The molecular weight excluding hydrogens is 648 g/mol. The molecule has 0 radical (unpaired) electrons. The number of hydrogen-bond donors (Lipinski definition) is 0. The Hall–Kier alpha value is -5.07. The van der Waals surface area contributed by atoms with Gasteiger partial charge in [-0.3, -0.25) is 4.67 Å². The summed E-state index contributed by atoms with van der Waals surface area (Å²) in [6.07, 6.45) is 7.94. The largest absolute Gasteiger partial charge is 0.404 e. The van der Waals surface area contributed by atoms with Crippen LogP contribution in [0.25, 0.3) is 49.6 Å². The van der Waals surface area contributed by atoms with E-state index in [1.807, 2.05) is 0 Å². The quantitative estimate of drug-likeness (QED) is 0.156. The van der Waals surface area contributed by atoms with Crippen LogP contribution < -0.4 is 20.6 Å². The number of unbranched alkanes of at least 4 members (excludes halogenated alkanes) is 1. The van der Waals surface area contributed by atoms with Crippen LogP contribution in [0.4, 0.5) is 5.69 Å². The van der Waals surface area contributed by atoms with E-state index < -0.39 is 16.1 Å². The van der Waals surface area contributed by atoms with Crippen molar-refractivity contribution in [3.05, 3.63) is 163 Å². The van der Waals surface area contributed by atoms with Gasteiger partial charge in [-0.25, -0.2) is 0 Å². The van der Waals surface area contributed by atoms with Gasteiger partial charge in [0, 0.05) is 16.1 Å². The highest BCUT2D eigenvalue weighted by Crippen LogP contribution is 2.50. The summed E-state index contributed by atoms with van der Waals surface area (Å²) in [6.45, 7) is 2.27. The van der Waals surface area contributed by atoms with E-state index in [0.29, 0.717) is 0 Å². The number of para-hydroxylation sites is 1. The number of rotatable bonds is 7. The fourth-order valence-electron chi connectivity index (χ4n) is 7.44. The third-order valence-electron chi connectivity index (χ3n) is 9.77. The van der Waals surface area contributed by atoms with E-state index in [9.17, 15) is 0 Å². The SMILES string of the molecule is CCCC[C@H]1C=Cc2cccc(P(c3ccccc3)c3ccccc3)c2N1p1oc2ccc3ccccc3c2c2c(ccc3ccccc32)o1. The topological polar surface area (TPSA) is 29.5 Å². The Labute approximate surface area is 294 Å². The summed E-state index contributed by atoms with van der Waals surface area (Å²) in [6, 6.07) is 54.8. The molecule has 0 fully saturated rings. The fourth-order valence-corrected chi connectivity index (χ4v) is 11.7. The molecule has 1 aromatic heterocycles. The van der Waals surface area contributed by atoms with Gasteiger partial charge in [0.15, 0.2) is 0 Å². The van der Waals surface area contributed by atoms with Crippen molar-refractivity contribution in [1.29, 1.82) is 0 Å². The van der Waals surface area contributed by atoms with Crippen molar-refractivity contribution in [3.8, 4) is 0 Å². The maximum Gasteiger partial charge on any atom is 0.342 e. The monoisotopic (exact) mass is 685 g/mol. The molecule has 9 rings (SSSR count). The molecule has 1 aliphatic rings. The molecular formula is C45H37NO2P2. The molecule has 244 valence electrons. The molecule has 1 atom stereocenters. The minimum absolute atomic E-state index is 0.115. The average Bonchev–Trinajstić information content (AvgIpc) is 3.35. The summed E-state index contributed by atoms with van der Waals surface area (Å²) in [7, 11) is -2.50. The van der Waals surface area contributed by atoms with Crippen molar-refractivity contribution in [1.82, 2.24) is 0 Å². The third kappa shape index (κ3) is 5.43. The number of hydrogen-bond acceptors (Lipinski definition) is 3. The first-order chi connectivity index (χ1) is 24.8. The van der Waals surface area contributed by atoms with Crippen LogP contribution in [0.5, 0.6) is 0 Å². The van der Waals surface area contributed by atoms with E-state index in [0.717, 1.165) is 41.2 Å². The summed E-state index contributed by atoms with van der Waals surface area (Å²) in [5.74, 6) is 0. The Balaban J connectivity index is 1.38. The van der Waals surface area contributed by atoms with Crippen LogP contribution in [0.2, 0.25) is 0 Å². The van der Waals surface area contributed by atoms with Crippen LogP contribution in [0.1, 0.15) is 31.7 Å². The van der Waals surface area contributed by atoms with Gasteiger partial charge in [0.1, 0.15) is 11.2 Å².